The molecule has 0 radical (unpaired) electrons. The third kappa shape index (κ3) is 4.16. The zero-order valence-electron chi connectivity index (χ0n) is 10.6. The summed E-state index contributed by atoms with van der Waals surface area (Å²) in [5.74, 6) is 5.86. The Kier molecular flexibility index (Phi) is 5.11. The molecule has 1 aromatic rings. The second kappa shape index (κ2) is 6.36. The molecule has 3 N–H and O–H groups in total. The number of carbonyl (C=O) groups is 1. The average Bonchev–Trinajstić information content (AvgIpc) is 2.76. The summed E-state index contributed by atoms with van der Waals surface area (Å²) < 4.78 is 5.07. The number of nitrogens with zero attached hydrogens (tertiary/aromatic N) is 2. The Bertz CT molecular complexity index is 364. The van der Waals surface area contributed by atoms with Crippen molar-refractivity contribution < 1.29 is 9.32 Å². The van der Waals surface area contributed by atoms with Crippen molar-refractivity contribution in [1.82, 2.24) is 15.5 Å². The molecule has 0 aliphatic heterocycles. The molecule has 6 nitrogen and oxygen atoms in total. The second-order valence-corrected chi connectivity index (χ2v) is 4.36. The predicted octanol–water partition coefficient (Wildman–Crippen LogP) is 0.756. The molecule has 1 atom stereocenters. The summed E-state index contributed by atoms with van der Waals surface area (Å²) >= 11 is 0. The number of hydrogen-bond acceptors (Lipinski definition) is 5. The molecule has 0 saturated carbocycles. The van der Waals surface area contributed by atoms with Gasteiger partial charge in [-0.05, 0) is 13.0 Å². The minimum atomic E-state index is -0.440. The number of nitrogen functional groups attached to an aromatic ring is 1. The maximum Gasteiger partial charge on any atom is 0.287 e. The van der Waals surface area contributed by atoms with Gasteiger partial charge in [-0.25, -0.2) is 5.84 Å². The lowest BCUT2D eigenvalue weighted by Gasteiger charge is -2.18. The molecule has 0 bridgehead atoms. The van der Waals surface area contributed by atoms with Crippen LogP contribution in [0.2, 0.25) is 0 Å². The van der Waals surface area contributed by atoms with E-state index in [0.717, 1.165) is 13.0 Å². The highest BCUT2D eigenvalue weighted by Gasteiger charge is 2.13. The summed E-state index contributed by atoms with van der Waals surface area (Å²) in [6, 6.07) is 1.61. The predicted molar refractivity (Wildman–Crippen MR) is 63.9 cm³/mol. The lowest BCUT2D eigenvalue weighted by molar-refractivity contribution is 0.0944. The molecule has 0 spiro atoms. The number of amides is 1. The molecule has 96 valence electrons. The Balaban J connectivity index is 2.51. The molecule has 0 aromatic carbocycles. The van der Waals surface area contributed by atoms with E-state index in [-0.39, 0.29) is 5.69 Å². The first-order chi connectivity index (χ1) is 8.06. The van der Waals surface area contributed by atoms with E-state index in [1.807, 2.05) is 12.5 Å². The van der Waals surface area contributed by atoms with E-state index in [9.17, 15) is 4.79 Å². The number of nitrogens with one attached hydrogen (secondary N) is 1. The molecule has 0 saturated heterocycles. The SMILES string of the molecule is CCC(C)CN(C)Cc1cc(C(=O)NN)no1. The molecule has 1 aromatic heterocycles. The van der Waals surface area contributed by atoms with Gasteiger partial charge in [0.2, 0.25) is 0 Å². The summed E-state index contributed by atoms with van der Waals surface area (Å²) in [6.07, 6.45) is 1.14. The van der Waals surface area contributed by atoms with Crippen LogP contribution in [-0.2, 0) is 6.54 Å². The minimum absolute atomic E-state index is 0.208. The van der Waals surface area contributed by atoms with Crippen LogP contribution >= 0.6 is 0 Å². The molecule has 17 heavy (non-hydrogen) atoms. The van der Waals surface area contributed by atoms with Gasteiger partial charge in [-0.2, -0.15) is 0 Å². The highest BCUT2D eigenvalue weighted by atomic mass is 16.5. The lowest BCUT2D eigenvalue weighted by atomic mass is 10.1. The molecule has 1 amide bonds. The van der Waals surface area contributed by atoms with E-state index in [4.69, 9.17) is 10.4 Å². The van der Waals surface area contributed by atoms with Gasteiger partial charge in [0.25, 0.3) is 5.91 Å². The fourth-order valence-corrected chi connectivity index (χ4v) is 1.56. The van der Waals surface area contributed by atoms with Crippen molar-refractivity contribution in [3.05, 3.63) is 17.5 Å². The third-order valence-electron chi connectivity index (χ3n) is 2.67. The van der Waals surface area contributed by atoms with E-state index >= 15 is 0 Å². The van der Waals surface area contributed by atoms with Gasteiger partial charge in [-0.3, -0.25) is 15.1 Å². The minimum Gasteiger partial charge on any atom is -0.359 e. The van der Waals surface area contributed by atoms with E-state index in [0.29, 0.717) is 18.2 Å². The van der Waals surface area contributed by atoms with Gasteiger partial charge in [-0.1, -0.05) is 25.4 Å². The molecule has 1 heterocycles. The van der Waals surface area contributed by atoms with Gasteiger partial charge >= 0.3 is 0 Å². The summed E-state index contributed by atoms with van der Waals surface area (Å²) in [5.41, 5.74) is 2.22. The fraction of sp³-hybridized carbons (Fsp3) is 0.636. The van der Waals surface area contributed by atoms with Crippen molar-refractivity contribution in [3.8, 4) is 0 Å². The van der Waals surface area contributed by atoms with Crippen LogP contribution in [0.4, 0.5) is 0 Å². The molecule has 0 fully saturated rings. The quantitative estimate of drug-likeness (QED) is 0.435. The molecular weight excluding hydrogens is 220 g/mol. The first kappa shape index (κ1) is 13.7. The standard InChI is InChI=1S/C11H20N4O2/c1-4-8(2)6-15(3)7-9-5-10(14-17-9)11(16)13-12/h5,8H,4,6-7,12H2,1-3H3,(H,13,16). The van der Waals surface area contributed by atoms with Crippen molar-refractivity contribution in [2.45, 2.75) is 26.8 Å². The van der Waals surface area contributed by atoms with E-state index in [1.165, 1.54) is 0 Å². The maximum absolute atomic E-state index is 11.2. The third-order valence-corrected chi connectivity index (χ3v) is 2.67. The molecule has 1 rings (SSSR count). The van der Waals surface area contributed by atoms with Gasteiger partial charge in [0.1, 0.15) is 0 Å². The number of aromatic nitrogens is 1. The lowest BCUT2D eigenvalue weighted by Crippen LogP contribution is -2.30. The highest BCUT2D eigenvalue weighted by Crippen LogP contribution is 2.09. The first-order valence-electron chi connectivity index (χ1n) is 5.71. The number of hydrogen-bond donors (Lipinski definition) is 2. The molecular formula is C11H20N4O2. The van der Waals surface area contributed by atoms with Crippen molar-refractivity contribution in [3.63, 3.8) is 0 Å². The Morgan fingerprint density at radius 1 is 1.71 bits per heavy atom. The van der Waals surface area contributed by atoms with Crippen LogP contribution < -0.4 is 11.3 Å². The van der Waals surface area contributed by atoms with Crippen LogP contribution in [0.3, 0.4) is 0 Å². The number of hydrazine groups is 1. The summed E-state index contributed by atoms with van der Waals surface area (Å²) in [6.45, 7) is 5.98. The van der Waals surface area contributed by atoms with Crippen molar-refractivity contribution in [1.29, 1.82) is 0 Å². The van der Waals surface area contributed by atoms with Crippen LogP contribution in [-0.4, -0.2) is 29.6 Å². The van der Waals surface area contributed by atoms with Gasteiger partial charge < -0.3 is 4.52 Å². The smallest absolute Gasteiger partial charge is 0.287 e. The van der Waals surface area contributed by atoms with Crippen LogP contribution in [0.15, 0.2) is 10.6 Å². The van der Waals surface area contributed by atoms with E-state index in [2.05, 4.69) is 23.9 Å². The van der Waals surface area contributed by atoms with Crippen molar-refractivity contribution in [2.75, 3.05) is 13.6 Å². The molecule has 1 unspecified atom stereocenters. The maximum atomic E-state index is 11.2. The molecule has 6 heteroatoms. The van der Waals surface area contributed by atoms with Gasteiger partial charge in [0.15, 0.2) is 11.5 Å². The van der Waals surface area contributed by atoms with Crippen molar-refractivity contribution in [2.24, 2.45) is 11.8 Å². The van der Waals surface area contributed by atoms with Crippen LogP contribution in [0.25, 0.3) is 0 Å². The molecule has 0 aliphatic rings. The monoisotopic (exact) mass is 240 g/mol. The Labute approximate surface area is 101 Å². The topological polar surface area (TPSA) is 84.4 Å². The van der Waals surface area contributed by atoms with Crippen LogP contribution in [0.5, 0.6) is 0 Å². The van der Waals surface area contributed by atoms with Gasteiger partial charge in [-0.15, -0.1) is 0 Å². The largest absolute Gasteiger partial charge is 0.359 e. The summed E-state index contributed by atoms with van der Waals surface area (Å²) in [5, 5.41) is 3.65. The number of rotatable bonds is 6. The zero-order valence-corrected chi connectivity index (χ0v) is 10.6. The van der Waals surface area contributed by atoms with E-state index in [1.54, 1.807) is 6.07 Å². The molecule has 0 aliphatic carbocycles. The van der Waals surface area contributed by atoms with Gasteiger partial charge in [0.05, 0.1) is 6.54 Å². The van der Waals surface area contributed by atoms with Gasteiger partial charge in [0, 0.05) is 12.6 Å². The summed E-state index contributed by atoms with van der Waals surface area (Å²) in [4.78, 5) is 13.3. The number of carbonyl (C=O) groups excluding carboxylic acids is 1. The Morgan fingerprint density at radius 3 is 3.00 bits per heavy atom. The average molecular weight is 240 g/mol. The van der Waals surface area contributed by atoms with Crippen LogP contribution in [0.1, 0.15) is 36.5 Å². The van der Waals surface area contributed by atoms with Crippen molar-refractivity contribution >= 4 is 5.91 Å². The highest BCUT2D eigenvalue weighted by molar-refractivity contribution is 5.91. The normalized spacial score (nSPS) is 12.8. The summed E-state index contributed by atoms with van der Waals surface area (Å²) in [7, 11) is 2.01. The van der Waals surface area contributed by atoms with E-state index < -0.39 is 5.91 Å². The first-order valence-corrected chi connectivity index (χ1v) is 5.71. The zero-order chi connectivity index (χ0) is 12.8. The van der Waals surface area contributed by atoms with Crippen LogP contribution in [0, 0.1) is 5.92 Å². The Hall–Kier alpha value is -1.40. The second-order valence-electron chi connectivity index (χ2n) is 4.36. The Morgan fingerprint density at radius 2 is 2.41 bits per heavy atom. The fourth-order valence-electron chi connectivity index (χ4n) is 1.56. The number of nitrogens with two attached hydrogens (primary N) is 1.